The zero-order chi connectivity index (χ0) is 9.26. The van der Waals surface area contributed by atoms with Crippen molar-refractivity contribution in [2.75, 3.05) is 0 Å². The van der Waals surface area contributed by atoms with Crippen LogP contribution < -0.4 is 0 Å². The van der Waals surface area contributed by atoms with E-state index in [1.165, 1.54) is 17.4 Å². The largest absolute Gasteiger partial charge is 0.207 e. The number of aryl methyl sites for hydroxylation is 1. The van der Waals surface area contributed by atoms with E-state index in [9.17, 15) is 4.39 Å². The van der Waals surface area contributed by atoms with E-state index in [0.29, 0.717) is 0 Å². The van der Waals surface area contributed by atoms with Crippen molar-refractivity contribution in [3.8, 4) is 10.4 Å². The van der Waals surface area contributed by atoms with Gasteiger partial charge in [0.15, 0.2) is 0 Å². The molecule has 1 aromatic carbocycles. The third-order valence-electron chi connectivity index (χ3n) is 1.78. The highest BCUT2D eigenvalue weighted by Gasteiger charge is 2.01. The van der Waals surface area contributed by atoms with Crippen LogP contribution in [0.25, 0.3) is 10.4 Å². The van der Waals surface area contributed by atoms with Gasteiger partial charge in [0.1, 0.15) is 5.82 Å². The summed E-state index contributed by atoms with van der Waals surface area (Å²) in [5.74, 6) is -0.191. The summed E-state index contributed by atoms with van der Waals surface area (Å²) in [7, 11) is 0. The summed E-state index contributed by atoms with van der Waals surface area (Å²) in [5, 5.41) is 3.11. The Morgan fingerprint density at radius 1 is 1.31 bits per heavy atom. The van der Waals surface area contributed by atoms with Crippen LogP contribution >= 0.6 is 11.3 Å². The summed E-state index contributed by atoms with van der Waals surface area (Å²) in [5.41, 5.74) is 2.03. The minimum Gasteiger partial charge on any atom is -0.207 e. The van der Waals surface area contributed by atoms with Crippen molar-refractivity contribution in [3.63, 3.8) is 0 Å². The smallest absolute Gasteiger partial charge is 0.123 e. The molecule has 2 rings (SSSR count). The predicted molar refractivity (Wildman–Crippen MR) is 53.3 cm³/mol. The van der Waals surface area contributed by atoms with Crippen LogP contribution in [0.5, 0.6) is 0 Å². The van der Waals surface area contributed by atoms with Crippen molar-refractivity contribution in [1.29, 1.82) is 0 Å². The van der Waals surface area contributed by atoms with Gasteiger partial charge >= 0.3 is 0 Å². The highest BCUT2D eigenvalue weighted by atomic mass is 32.1. The third-order valence-corrected chi connectivity index (χ3v) is 2.78. The fourth-order valence-corrected chi connectivity index (χ4v) is 1.99. The first-order chi connectivity index (χ1) is 6.25. The minimum absolute atomic E-state index is 0.191. The highest BCUT2D eigenvalue weighted by molar-refractivity contribution is 7.13. The second kappa shape index (κ2) is 3.30. The molecule has 1 radical (unpaired) electrons. The number of hydrogen-bond donors (Lipinski definition) is 0. The van der Waals surface area contributed by atoms with E-state index in [-0.39, 0.29) is 5.82 Å². The fraction of sp³-hybridized carbons (Fsp3) is 0.0909. The second-order valence-electron chi connectivity index (χ2n) is 2.91. The van der Waals surface area contributed by atoms with Crippen LogP contribution in [0.4, 0.5) is 4.39 Å². The molecule has 0 bridgehead atoms. The molecule has 0 aliphatic heterocycles. The Hall–Kier alpha value is -1.15. The van der Waals surface area contributed by atoms with Gasteiger partial charge in [-0.05, 0) is 36.2 Å². The summed E-state index contributed by atoms with van der Waals surface area (Å²) in [6.07, 6.45) is 0. The van der Waals surface area contributed by atoms with E-state index in [0.717, 1.165) is 16.0 Å². The van der Waals surface area contributed by atoms with Gasteiger partial charge in [-0.25, -0.2) is 4.39 Å². The molecule has 2 heteroatoms. The standard InChI is InChI=1S/C11H8FS/c1-8-5-11(13-7-8)9-3-2-4-10(12)6-9/h2-6H,1H3. The van der Waals surface area contributed by atoms with Gasteiger partial charge in [0.25, 0.3) is 0 Å². The number of halogens is 1. The van der Waals surface area contributed by atoms with Crippen LogP contribution in [0, 0.1) is 18.1 Å². The Morgan fingerprint density at radius 2 is 2.15 bits per heavy atom. The lowest BCUT2D eigenvalue weighted by Crippen LogP contribution is -1.74. The molecule has 0 aliphatic carbocycles. The van der Waals surface area contributed by atoms with Crippen molar-refractivity contribution in [3.05, 3.63) is 47.1 Å². The fourth-order valence-electron chi connectivity index (χ4n) is 1.18. The number of hydrogen-bond acceptors (Lipinski definition) is 1. The molecule has 0 nitrogen and oxygen atoms in total. The Kier molecular flexibility index (Phi) is 2.15. The highest BCUT2D eigenvalue weighted by Crippen LogP contribution is 2.26. The van der Waals surface area contributed by atoms with Crippen LogP contribution in [0.15, 0.2) is 30.3 Å². The summed E-state index contributed by atoms with van der Waals surface area (Å²) in [4.78, 5) is 1.07. The summed E-state index contributed by atoms with van der Waals surface area (Å²) in [6, 6.07) is 8.63. The molecular weight excluding hydrogens is 183 g/mol. The first-order valence-corrected chi connectivity index (χ1v) is 4.81. The average molecular weight is 191 g/mol. The minimum atomic E-state index is -0.191. The van der Waals surface area contributed by atoms with Gasteiger partial charge in [0.2, 0.25) is 0 Å². The van der Waals surface area contributed by atoms with Crippen LogP contribution in [-0.4, -0.2) is 0 Å². The summed E-state index contributed by atoms with van der Waals surface area (Å²) >= 11 is 1.52. The maximum absolute atomic E-state index is 12.9. The van der Waals surface area contributed by atoms with Gasteiger partial charge in [-0.15, -0.1) is 11.3 Å². The molecule has 0 unspecified atom stereocenters. The van der Waals surface area contributed by atoms with Crippen molar-refractivity contribution < 1.29 is 4.39 Å². The topological polar surface area (TPSA) is 0 Å². The van der Waals surface area contributed by atoms with Gasteiger partial charge in [0, 0.05) is 10.3 Å². The van der Waals surface area contributed by atoms with E-state index in [1.807, 2.05) is 19.1 Å². The second-order valence-corrected chi connectivity index (χ2v) is 3.75. The molecule has 0 fully saturated rings. The molecular formula is C11H8FS. The first kappa shape index (κ1) is 8.45. The summed E-state index contributed by atoms with van der Waals surface area (Å²) < 4.78 is 12.9. The maximum atomic E-state index is 12.9. The molecule has 0 spiro atoms. The van der Waals surface area contributed by atoms with Gasteiger partial charge in [0.05, 0.1) is 0 Å². The van der Waals surface area contributed by atoms with Crippen molar-refractivity contribution in [1.82, 2.24) is 0 Å². The first-order valence-electron chi connectivity index (χ1n) is 4.00. The zero-order valence-electron chi connectivity index (χ0n) is 7.17. The molecule has 65 valence electrons. The quantitative estimate of drug-likeness (QED) is 0.645. The number of benzene rings is 1. The third kappa shape index (κ3) is 1.78. The van der Waals surface area contributed by atoms with Crippen molar-refractivity contribution in [2.45, 2.75) is 6.92 Å². The SMILES string of the molecule is Cc1[c]sc(-c2cccc(F)c2)c1. The number of rotatable bonds is 1. The lowest BCUT2D eigenvalue weighted by atomic mass is 10.2. The molecule has 0 saturated heterocycles. The van der Waals surface area contributed by atoms with Crippen LogP contribution in [0.2, 0.25) is 0 Å². The molecule has 0 atom stereocenters. The zero-order valence-corrected chi connectivity index (χ0v) is 7.99. The molecule has 2 aromatic rings. The van der Waals surface area contributed by atoms with Gasteiger partial charge < -0.3 is 0 Å². The Morgan fingerprint density at radius 3 is 2.77 bits per heavy atom. The Bertz CT molecular complexity index is 418. The van der Waals surface area contributed by atoms with Crippen molar-refractivity contribution >= 4 is 11.3 Å². The average Bonchev–Trinajstić information content (AvgIpc) is 2.52. The predicted octanol–water partition coefficient (Wildman–Crippen LogP) is 3.66. The molecule has 0 N–H and O–H groups in total. The Labute approximate surface area is 80.7 Å². The van der Waals surface area contributed by atoms with E-state index < -0.39 is 0 Å². The monoisotopic (exact) mass is 191 g/mol. The van der Waals surface area contributed by atoms with E-state index in [4.69, 9.17) is 0 Å². The van der Waals surface area contributed by atoms with E-state index in [2.05, 4.69) is 5.38 Å². The molecule has 0 amide bonds. The van der Waals surface area contributed by atoms with E-state index >= 15 is 0 Å². The molecule has 13 heavy (non-hydrogen) atoms. The lowest BCUT2D eigenvalue weighted by molar-refractivity contribution is 0.628. The molecule has 1 heterocycles. The number of thiophene rings is 1. The van der Waals surface area contributed by atoms with Crippen LogP contribution in [0.1, 0.15) is 5.56 Å². The normalized spacial score (nSPS) is 10.3. The van der Waals surface area contributed by atoms with Gasteiger partial charge in [-0.2, -0.15) is 0 Å². The summed E-state index contributed by atoms with van der Waals surface area (Å²) in [6.45, 7) is 1.99. The van der Waals surface area contributed by atoms with Crippen LogP contribution in [-0.2, 0) is 0 Å². The molecule has 0 saturated carbocycles. The van der Waals surface area contributed by atoms with Crippen LogP contribution in [0.3, 0.4) is 0 Å². The molecule has 0 aliphatic rings. The van der Waals surface area contributed by atoms with Crippen molar-refractivity contribution in [2.24, 2.45) is 0 Å². The Balaban J connectivity index is 2.46. The molecule has 1 aromatic heterocycles. The van der Waals surface area contributed by atoms with Gasteiger partial charge in [-0.1, -0.05) is 12.1 Å². The van der Waals surface area contributed by atoms with Gasteiger partial charge in [-0.3, -0.25) is 0 Å². The maximum Gasteiger partial charge on any atom is 0.123 e. The lowest BCUT2D eigenvalue weighted by Gasteiger charge is -1.95. The van der Waals surface area contributed by atoms with E-state index in [1.54, 1.807) is 12.1 Å².